The second-order valence-electron chi connectivity index (χ2n) is 4.00. The van der Waals surface area contributed by atoms with Crippen LogP contribution in [-0.4, -0.2) is 31.6 Å². The third-order valence-corrected chi connectivity index (χ3v) is 2.60. The molecule has 3 heteroatoms. The smallest absolute Gasteiger partial charge is 0.0839 e. The van der Waals surface area contributed by atoms with E-state index in [1.54, 1.807) is 0 Å². The van der Waals surface area contributed by atoms with Crippen LogP contribution in [0.1, 0.15) is 17.9 Å². The van der Waals surface area contributed by atoms with E-state index in [1.165, 1.54) is 0 Å². The van der Waals surface area contributed by atoms with Gasteiger partial charge >= 0.3 is 0 Å². The lowest BCUT2D eigenvalue weighted by Gasteiger charge is -2.19. The fourth-order valence-corrected chi connectivity index (χ4v) is 1.67. The molecule has 0 spiro atoms. The molecule has 2 N–H and O–H groups in total. The van der Waals surface area contributed by atoms with E-state index in [9.17, 15) is 0 Å². The summed E-state index contributed by atoms with van der Waals surface area (Å²) in [6, 6.07) is 12.3. The molecule has 0 aliphatic carbocycles. The molecule has 0 saturated heterocycles. The number of rotatable bonds is 6. The molecular weight excluding hydrogens is 198 g/mol. The summed E-state index contributed by atoms with van der Waals surface area (Å²) in [5.41, 5.74) is 6.55. The number of nitriles is 1. The lowest BCUT2D eigenvalue weighted by molar-refractivity contribution is 0.325. The van der Waals surface area contributed by atoms with Crippen LogP contribution < -0.4 is 5.73 Å². The SMILES string of the molecule is CN(CCCN)CC(C#N)c1ccccc1. The molecule has 0 fully saturated rings. The van der Waals surface area contributed by atoms with E-state index in [1.807, 2.05) is 37.4 Å². The molecule has 1 aromatic rings. The lowest BCUT2D eigenvalue weighted by atomic mass is 10.0. The van der Waals surface area contributed by atoms with Gasteiger partial charge in [0.2, 0.25) is 0 Å². The lowest BCUT2D eigenvalue weighted by Crippen LogP contribution is -2.26. The maximum Gasteiger partial charge on any atom is 0.0839 e. The van der Waals surface area contributed by atoms with Crippen LogP contribution in [0.2, 0.25) is 0 Å². The van der Waals surface area contributed by atoms with E-state index in [-0.39, 0.29) is 5.92 Å². The van der Waals surface area contributed by atoms with Crippen molar-refractivity contribution >= 4 is 0 Å². The molecule has 1 aromatic carbocycles. The minimum absolute atomic E-state index is 0.0519. The van der Waals surface area contributed by atoms with Gasteiger partial charge in [0.25, 0.3) is 0 Å². The highest BCUT2D eigenvalue weighted by atomic mass is 15.1. The van der Waals surface area contributed by atoms with Crippen molar-refractivity contribution in [3.63, 3.8) is 0 Å². The molecule has 0 heterocycles. The van der Waals surface area contributed by atoms with Crippen LogP contribution in [0.3, 0.4) is 0 Å². The van der Waals surface area contributed by atoms with Crippen molar-refractivity contribution in [3.05, 3.63) is 35.9 Å². The molecule has 1 unspecified atom stereocenters. The Balaban J connectivity index is 2.53. The number of likely N-dealkylation sites (N-methyl/N-ethyl adjacent to an activating group) is 1. The summed E-state index contributed by atoms with van der Waals surface area (Å²) in [4.78, 5) is 2.16. The number of nitrogens with zero attached hydrogens (tertiary/aromatic N) is 2. The normalized spacial score (nSPS) is 12.4. The van der Waals surface area contributed by atoms with Gasteiger partial charge in [0.1, 0.15) is 0 Å². The van der Waals surface area contributed by atoms with Gasteiger partial charge in [-0.25, -0.2) is 0 Å². The van der Waals surface area contributed by atoms with Crippen LogP contribution in [0.4, 0.5) is 0 Å². The molecule has 3 nitrogen and oxygen atoms in total. The maximum atomic E-state index is 9.15. The molecule has 0 aromatic heterocycles. The average Bonchev–Trinajstić information content (AvgIpc) is 2.34. The predicted octanol–water partition coefficient (Wildman–Crippen LogP) is 1.57. The molecule has 0 aliphatic rings. The zero-order chi connectivity index (χ0) is 11.8. The van der Waals surface area contributed by atoms with Crippen molar-refractivity contribution in [2.45, 2.75) is 12.3 Å². The minimum atomic E-state index is -0.0519. The Morgan fingerprint density at radius 3 is 2.62 bits per heavy atom. The van der Waals surface area contributed by atoms with E-state index in [2.05, 4.69) is 11.0 Å². The first-order valence-electron chi connectivity index (χ1n) is 5.61. The second kappa shape index (κ2) is 7.00. The van der Waals surface area contributed by atoms with E-state index >= 15 is 0 Å². The first-order valence-corrected chi connectivity index (χ1v) is 5.61. The van der Waals surface area contributed by atoms with Gasteiger partial charge in [0, 0.05) is 6.54 Å². The van der Waals surface area contributed by atoms with Gasteiger partial charge in [-0.1, -0.05) is 30.3 Å². The Labute approximate surface area is 97.5 Å². The van der Waals surface area contributed by atoms with Gasteiger partial charge < -0.3 is 10.6 Å². The van der Waals surface area contributed by atoms with Gasteiger partial charge in [-0.3, -0.25) is 0 Å². The van der Waals surface area contributed by atoms with Gasteiger partial charge in [-0.2, -0.15) is 5.26 Å². The fraction of sp³-hybridized carbons (Fsp3) is 0.462. The number of hydrogen-bond donors (Lipinski definition) is 1. The van der Waals surface area contributed by atoms with Crippen LogP contribution in [0.25, 0.3) is 0 Å². The topological polar surface area (TPSA) is 53.0 Å². The Morgan fingerprint density at radius 2 is 2.06 bits per heavy atom. The molecule has 0 amide bonds. The molecule has 86 valence electrons. The molecule has 1 atom stereocenters. The summed E-state index contributed by atoms with van der Waals surface area (Å²) >= 11 is 0. The van der Waals surface area contributed by atoms with Crippen molar-refractivity contribution in [2.24, 2.45) is 5.73 Å². The third kappa shape index (κ3) is 4.01. The Hall–Kier alpha value is -1.37. The fourth-order valence-electron chi connectivity index (χ4n) is 1.67. The highest BCUT2D eigenvalue weighted by molar-refractivity contribution is 5.24. The van der Waals surface area contributed by atoms with Crippen molar-refractivity contribution in [1.82, 2.24) is 4.90 Å². The molecule has 0 aliphatic heterocycles. The molecule has 1 rings (SSSR count). The van der Waals surface area contributed by atoms with E-state index < -0.39 is 0 Å². The standard InChI is InChI=1S/C13H19N3/c1-16(9-5-8-14)11-13(10-15)12-6-3-2-4-7-12/h2-4,6-7,13H,5,8-9,11,14H2,1H3. The van der Waals surface area contributed by atoms with Gasteiger partial charge in [-0.15, -0.1) is 0 Å². The van der Waals surface area contributed by atoms with Gasteiger partial charge in [-0.05, 0) is 32.1 Å². The molecule has 0 bridgehead atoms. The third-order valence-electron chi connectivity index (χ3n) is 2.60. The Morgan fingerprint density at radius 1 is 1.38 bits per heavy atom. The van der Waals surface area contributed by atoms with Crippen LogP contribution in [0.5, 0.6) is 0 Å². The molecule has 0 radical (unpaired) electrons. The summed E-state index contributed by atoms with van der Waals surface area (Å²) in [7, 11) is 2.03. The molecular formula is C13H19N3. The highest BCUT2D eigenvalue weighted by Gasteiger charge is 2.12. The van der Waals surface area contributed by atoms with Crippen LogP contribution in [0, 0.1) is 11.3 Å². The number of hydrogen-bond acceptors (Lipinski definition) is 3. The largest absolute Gasteiger partial charge is 0.330 e. The first kappa shape index (κ1) is 12.7. The average molecular weight is 217 g/mol. The maximum absolute atomic E-state index is 9.15. The molecule has 0 saturated carbocycles. The minimum Gasteiger partial charge on any atom is -0.330 e. The summed E-state index contributed by atoms with van der Waals surface area (Å²) in [6.45, 7) is 2.41. The van der Waals surface area contributed by atoms with Crippen molar-refractivity contribution in [2.75, 3.05) is 26.7 Å². The quantitative estimate of drug-likeness (QED) is 0.787. The van der Waals surface area contributed by atoms with Crippen molar-refractivity contribution in [1.29, 1.82) is 5.26 Å². The monoisotopic (exact) mass is 217 g/mol. The number of nitrogens with two attached hydrogens (primary N) is 1. The predicted molar refractivity (Wildman–Crippen MR) is 66.0 cm³/mol. The summed E-state index contributed by atoms with van der Waals surface area (Å²) < 4.78 is 0. The zero-order valence-corrected chi connectivity index (χ0v) is 9.76. The zero-order valence-electron chi connectivity index (χ0n) is 9.76. The second-order valence-corrected chi connectivity index (χ2v) is 4.00. The van der Waals surface area contributed by atoms with Gasteiger partial charge in [0.15, 0.2) is 0 Å². The summed E-state index contributed by atoms with van der Waals surface area (Å²) in [6.07, 6.45) is 0.976. The van der Waals surface area contributed by atoms with E-state index in [0.29, 0.717) is 6.54 Å². The van der Waals surface area contributed by atoms with Crippen LogP contribution in [0.15, 0.2) is 30.3 Å². The van der Waals surface area contributed by atoms with E-state index in [0.717, 1.165) is 25.1 Å². The Bertz CT molecular complexity index is 329. The highest BCUT2D eigenvalue weighted by Crippen LogP contribution is 2.15. The molecule has 16 heavy (non-hydrogen) atoms. The number of benzene rings is 1. The summed E-state index contributed by atoms with van der Waals surface area (Å²) in [5, 5.41) is 9.15. The Kier molecular flexibility index (Phi) is 5.55. The van der Waals surface area contributed by atoms with Crippen molar-refractivity contribution in [3.8, 4) is 6.07 Å². The van der Waals surface area contributed by atoms with Gasteiger partial charge in [0.05, 0.1) is 12.0 Å². The van der Waals surface area contributed by atoms with Crippen molar-refractivity contribution < 1.29 is 0 Å². The first-order chi connectivity index (χ1) is 7.77. The van der Waals surface area contributed by atoms with Crippen LogP contribution >= 0.6 is 0 Å². The summed E-state index contributed by atoms with van der Waals surface area (Å²) in [5.74, 6) is -0.0519. The van der Waals surface area contributed by atoms with E-state index in [4.69, 9.17) is 11.0 Å². The van der Waals surface area contributed by atoms with Crippen LogP contribution in [-0.2, 0) is 0 Å².